The Balaban J connectivity index is 1.73. The summed E-state index contributed by atoms with van der Waals surface area (Å²) in [7, 11) is 0. The summed E-state index contributed by atoms with van der Waals surface area (Å²) in [6.45, 7) is 10.7. The van der Waals surface area contributed by atoms with Crippen LogP contribution in [0.2, 0.25) is 0 Å². The zero-order valence-corrected chi connectivity index (χ0v) is 36.8. The van der Waals surface area contributed by atoms with Crippen LogP contribution in [0.15, 0.2) is 24.3 Å². The van der Waals surface area contributed by atoms with Crippen LogP contribution in [0.3, 0.4) is 0 Å². The molecule has 0 unspecified atom stereocenters. The van der Waals surface area contributed by atoms with Crippen LogP contribution in [0.25, 0.3) is 0 Å². The first-order chi connectivity index (χ1) is 30.4. The van der Waals surface area contributed by atoms with Crippen LogP contribution < -0.4 is 14.2 Å². The monoisotopic (exact) mass is 914 g/mol. The predicted octanol–water partition coefficient (Wildman–Crippen LogP) is 2.08. The molecule has 10 atom stereocenters. The van der Waals surface area contributed by atoms with E-state index < -0.39 is 139 Å². The van der Waals surface area contributed by atoms with Crippen LogP contribution in [-0.4, -0.2) is 127 Å². The molecule has 0 spiro atoms. The standard InChI is InChI=1S/C43H46O22/c1-16-11-27-32(29(12-16)56-19(4)45)35(53)33-28(34(27)52)13-26(63-42-40(61-24(9)50)38(59-22(7)48)36(17(2)55-42)57-20(5)46)14-30(33)64-43-41(62-25(10)51)39(60-23(8)49)37(58-21(6)47)31(65-43)15-54-18(3)44/h11-14,17,31,36-43H,15H2,1-10H3/t17-,31+,36-,37+,38+,39-,40+,41+,42-,43+/m0/s1. The number of ether oxygens (including phenoxy) is 12. The third kappa shape index (κ3) is 11.6. The highest BCUT2D eigenvalue weighted by Gasteiger charge is 2.55. The van der Waals surface area contributed by atoms with E-state index in [1.807, 2.05) is 0 Å². The highest BCUT2D eigenvalue weighted by atomic mass is 16.7. The van der Waals surface area contributed by atoms with E-state index in [0.717, 1.165) is 67.5 Å². The molecule has 5 rings (SSSR count). The molecular weight excluding hydrogens is 868 g/mol. The molecule has 2 heterocycles. The average molecular weight is 915 g/mol. The minimum atomic E-state index is -1.96. The molecule has 2 aliphatic heterocycles. The number of aryl methyl sites for hydroxylation is 1. The Kier molecular flexibility index (Phi) is 15.3. The number of hydrogen-bond donors (Lipinski definition) is 0. The number of hydrogen-bond acceptors (Lipinski definition) is 22. The van der Waals surface area contributed by atoms with Gasteiger partial charge in [0.2, 0.25) is 30.6 Å². The van der Waals surface area contributed by atoms with Crippen molar-refractivity contribution in [1.29, 1.82) is 0 Å². The summed E-state index contributed by atoms with van der Waals surface area (Å²) in [5.74, 6) is -9.99. The van der Waals surface area contributed by atoms with Gasteiger partial charge in [-0.05, 0) is 37.6 Å². The predicted molar refractivity (Wildman–Crippen MR) is 210 cm³/mol. The van der Waals surface area contributed by atoms with Gasteiger partial charge in [-0.3, -0.25) is 47.9 Å². The average Bonchev–Trinajstić information content (AvgIpc) is 3.16. The lowest BCUT2D eigenvalue weighted by Crippen LogP contribution is -2.63. The van der Waals surface area contributed by atoms with Gasteiger partial charge in [0, 0.05) is 72.6 Å². The van der Waals surface area contributed by atoms with Crippen molar-refractivity contribution < 1.29 is 105 Å². The summed E-state index contributed by atoms with van der Waals surface area (Å²) in [6.07, 6.45) is -15.9. The molecule has 1 aliphatic carbocycles. The Hall–Kier alpha value is -6.94. The zero-order chi connectivity index (χ0) is 48.2. The van der Waals surface area contributed by atoms with Crippen molar-refractivity contribution in [3.8, 4) is 17.2 Å². The van der Waals surface area contributed by atoms with Crippen molar-refractivity contribution in [3.63, 3.8) is 0 Å². The Bertz CT molecular complexity index is 2300. The van der Waals surface area contributed by atoms with E-state index in [1.54, 1.807) is 6.92 Å². The number of carbonyl (C=O) groups excluding carboxylic acids is 10. The van der Waals surface area contributed by atoms with Gasteiger partial charge in [0.15, 0.2) is 30.2 Å². The fourth-order valence-electron chi connectivity index (χ4n) is 7.44. The number of benzene rings is 2. The van der Waals surface area contributed by atoms with Gasteiger partial charge in [-0.15, -0.1) is 0 Å². The van der Waals surface area contributed by atoms with Crippen LogP contribution in [0.5, 0.6) is 17.2 Å². The second kappa shape index (κ2) is 20.3. The number of ketones is 2. The fourth-order valence-corrected chi connectivity index (χ4v) is 7.44. The summed E-state index contributed by atoms with van der Waals surface area (Å²) in [5.41, 5.74) is -1.000. The van der Waals surface area contributed by atoms with Crippen molar-refractivity contribution in [3.05, 3.63) is 52.1 Å². The highest BCUT2D eigenvalue weighted by molar-refractivity contribution is 6.30. The Morgan fingerprint density at radius 2 is 0.954 bits per heavy atom. The van der Waals surface area contributed by atoms with Gasteiger partial charge in [0.1, 0.15) is 30.0 Å². The molecule has 2 fully saturated rings. The van der Waals surface area contributed by atoms with Crippen LogP contribution >= 0.6 is 0 Å². The van der Waals surface area contributed by atoms with E-state index in [0.29, 0.717) is 5.56 Å². The quantitative estimate of drug-likeness (QED) is 0.135. The van der Waals surface area contributed by atoms with Crippen molar-refractivity contribution >= 4 is 59.3 Å². The molecule has 0 radical (unpaired) electrons. The smallest absolute Gasteiger partial charge is 0.308 e. The van der Waals surface area contributed by atoms with Gasteiger partial charge in [-0.25, -0.2) is 0 Å². The third-order valence-corrected chi connectivity index (χ3v) is 9.60. The second-order valence-electron chi connectivity index (χ2n) is 15.0. The van der Waals surface area contributed by atoms with Crippen LogP contribution in [0.1, 0.15) is 99.7 Å². The van der Waals surface area contributed by atoms with Gasteiger partial charge < -0.3 is 56.8 Å². The van der Waals surface area contributed by atoms with E-state index in [4.69, 9.17) is 56.8 Å². The normalized spacial score (nSPS) is 25.6. The molecule has 2 aromatic rings. The molecular formula is C43H46O22. The maximum Gasteiger partial charge on any atom is 0.308 e. The summed E-state index contributed by atoms with van der Waals surface area (Å²) < 4.78 is 68.1. The first-order valence-corrected chi connectivity index (χ1v) is 19.9. The van der Waals surface area contributed by atoms with E-state index >= 15 is 0 Å². The maximum atomic E-state index is 14.8. The molecule has 22 nitrogen and oxygen atoms in total. The second-order valence-corrected chi connectivity index (χ2v) is 15.0. The van der Waals surface area contributed by atoms with E-state index in [2.05, 4.69) is 0 Å². The van der Waals surface area contributed by atoms with Crippen LogP contribution in [0, 0.1) is 6.92 Å². The van der Waals surface area contributed by atoms with Crippen molar-refractivity contribution in [1.82, 2.24) is 0 Å². The van der Waals surface area contributed by atoms with Crippen molar-refractivity contribution in [2.45, 2.75) is 131 Å². The lowest BCUT2D eigenvalue weighted by atomic mass is 9.82. The Morgan fingerprint density at radius 3 is 1.48 bits per heavy atom. The molecule has 65 heavy (non-hydrogen) atoms. The highest BCUT2D eigenvalue weighted by Crippen LogP contribution is 2.43. The SMILES string of the molecule is CC(=O)OC[C@H]1O[C@@H](Oc2cc(O[C@@H]3O[C@@H](C)[C@H](OC(C)=O)[C@@H](OC(C)=O)[C@H]3OC(C)=O)cc3c2C(=O)c2c(OC(C)=O)cc(C)cc2C3=O)[C@H](OC(C)=O)[C@@H](OC(C)=O)[C@@H]1OC(C)=O. The van der Waals surface area contributed by atoms with Crippen LogP contribution in [-0.2, 0) is 81.0 Å². The summed E-state index contributed by atoms with van der Waals surface area (Å²) in [5, 5.41) is 0. The lowest BCUT2D eigenvalue weighted by molar-refractivity contribution is -0.288. The summed E-state index contributed by atoms with van der Waals surface area (Å²) in [4.78, 5) is 128. The van der Waals surface area contributed by atoms with E-state index in [1.165, 1.54) is 19.1 Å². The van der Waals surface area contributed by atoms with Gasteiger partial charge in [0.25, 0.3) is 0 Å². The molecule has 350 valence electrons. The van der Waals surface area contributed by atoms with Gasteiger partial charge in [-0.2, -0.15) is 0 Å². The van der Waals surface area contributed by atoms with Crippen molar-refractivity contribution in [2.75, 3.05) is 6.61 Å². The number of carbonyl (C=O) groups is 10. The van der Waals surface area contributed by atoms with E-state index in [9.17, 15) is 47.9 Å². The first kappa shape index (κ1) is 49.1. The molecule has 2 saturated heterocycles. The number of esters is 8. The van der Waals surface area contributed by atoms with Crippen LogP contribution in [0.4, 0.5) is 0 Å². The van der Waals surface area contributed by atoms with Crippen molar-refractivity contribution in [2.24, 2.45) is 0 Å². The summed E-state index contributed by atoms with van der Waals surface area (Å²) in [6, 6.07) is 4.90. The molecule has 0 bridgehead atoms. The Morgan fingerprint density at radius 1 is 0.492 bits per heavy atom. The molecule has 0 amide bonds. The topological polar surface area (TPSA) is 281 Å². The third-order valence-electron chi connectivity index (χ3n) is 9.60. The number of fused-ring (bicyclic) bond motifs is 2. The zero-order valence-electron chi connectivity index (χ0n) is 36.8. The lowest BCUT2D eigenvalue weighted by Gasteiger charge is -2.44. The summed E-state index contributed by atoms with van der Waals surface area (Å²) >= 11 is 0. The van der Waals surface area contributed by atoms with Gasteiger partial charge in [-0.1, -0.05) is 0 Å². The molecule has 3 aliphatic rings. The Labute approximate surface area is 370 Å². The fraction of sp³-hybridized carbons (Fsp3) is 0.488. The maximum absolute atomic E-state index is 14.8. The largest absolute Gasteiger partial charge is 0.463 e. The molecule has 0 saturated carbocycles. The minimum Gasteiger partial charge on any atom is -0.463 e. The van der Waals surface area contributed by atoms with E-state index in [-0.39, 0.29) is 28.2 Å². The first-order valence-electron chi connectivity index (χ1n) is 19.9. The molecule has 22 heteroatoms. The van der Waals surface area contributed by atoms with Gasteiger partial charge in [0.05, 0.1) is 17.2 Å². The number of rotatable bonds is 13. The molecule has 0 N–H and O–H groups in total. The minimum absolute atomic E-state index is 0.200. The van der Waals surface area contributed by atoms with Gasteiger partial charge >= 0.3 is 47.8 Å². The molecule has 0 aromatic heterocycles. The molecule has 2 aromatic carbocycles.